The molecule has 0 saturated heterocycles. The molecule has 1 aromatic carbocycles. The fourth-order valence-electron chi connectivity index (χ4n) is 1.74. The number of carbonyl (C=O) groups is 2. The van der Waals surface area contributed by atoms with Gasteiger partial charge in [-0.1, -0.05) is 19.1 Å². The Morgan fingerprint density at radius 1 is 1.19 bits per heavy atom. The Hall–Kier alpha value is -1.68. The minimum atomic E-state index is -0.651. The summed E-state index contributed by atoms with van der Waals surface area (Å²) in [6.07, 6.45) is -0.129. The first-order chi connectivity index (χ1) is 7.65. The monoisotopic (exact) mass is 219 g/mol. The van der Waals surface area contributed by atoms with Crippen molar-refractivity contribution >= 4 is 11.8 Å². The molecule has 0 spiro atoms. The number of carbonyl (C=O) groups excluding carboxylic acids is 2. The number of imide groups is 1. The maximum absolute atomic E-state index is 11.9. The van der Waals surface area contributed by atoms with Gasteiger partial charge in [0, 0.05) is 0 Å². The number of benzene rings is 1. The van der Waals surface area contributed by atoms with Crippen LogP contribution in [0.15, 0.2) is 24.3 Å². The third-order valence-corrected chi connectivity index (χ3v) is 2.74. The van der Waals surface area contributed by atoms with Crippen LogP contribution < -0.4 is 0 Å². The topological polar surface area (TPSA) is 57.6 Å². The fourth-order valence-corrected chi connectivity index (χ4v) is 1.74. The van der Waals surface area contributed by atoms with E-state index in [0.717, 1.165) is 4.90 Å². The summed E-state index contributed by atoms with van der Waals surface area (Å²) in [4.78, 5) is 24.8. The Kier molecular flexibility index (Phi) is 2.75. The molecule has 0 aromatic heterocycles. The Balaban J connectivity index is 2.28. The third-order valence-electron chi connectivity index (χ3n) is 2.74. The van der Waals surface area contributed by atoms with Crippen molar-refractivity contribution in [3.63, 3.8) is 0 Å². The van der Waals surface area contributed by atoms with Crippen LogP contribution in [-0.2, 0) is 0 Å². The highest BCUT2D eigenvalue weighted by Crippen LogP contribution is 2.22. The molecule has 4 heteroatoms. The van der Waals surface area contributed by atoms with Crippen LogP contribution in [-0.4, -0.2) is 34.5 Å². The molecule has 0 fully saturated rings. The zero-order valence-electron chi connectivity index (χ0n) is 9.01. The van der Waals surface area contributed by atoms with Crippen molar-refractivity contribution in [1.82, 2.24) is 4.90 Å². The summed E-state index contributed by atoms with van der Waals surface area (Å²) in [6.45, 7) is 1.88. The van der Waals surface area contributed by atoms with Gasteiger partial charge in [0.15, 0.2) is 0 Å². The van der Waals surface area contributed by atoms with Gasteiger partial charge in [0.1, 0.15) is 0 Å². The summed E-state index contributed by atoms with van der Waals surface area (Å²) in [5, 5.41) is 9.49. The summed E-state index contributed by atoms with van der Waals surface area (Å²) >= 11 is 0. The normalized spacial score (nSPS) is 16.5. The standard InChI is InChI=1S/C12H13NO3/c1-2-8(14)7-13-11(15)9-5-3-4-6-10(9)12(13)16/h3-6,8,14H,2,7H2,1H3/t8-/m1/s1. The molecule has 84 valence electrons. The first-order valence-electron chi connectivity index (χ1n) is 5.28. The highest BCUT2D eigenvalue weighted by atomic mass is 16.3. The van der Waals surface area contributed by atoms with E-state index in [9.17, 15) is 14.7 Å². The van der Waals surface area contributed by atoms with Crippen LogP contribution in [0.3, 0.4) is 0 Å². The molecule has 0 unspecified atom stereocenters. The Morgan fingerprint density at radius 2 is 1.69 bits per heavy atom. The Labute approximate surface area is 93.5 Å². The molecule has 0 aliphatic carbocycles. The number of rotatable bonds is 3. The lowest BCUT2D eigenvalue weighted by molar-refractivity contribution is 0.0540. The molecule has 1 aromatic rings. The van der Waals surface area contributed by atoms with Crippen LogP contribution in [0.5, 0.6) is 0 Å². The van der Waals surface area contributed by atoms with Gasteiger partial charge < -0.3 is 5.11 Å². The summed E-state index contributed by atoms with van der Waals surface area (Å²) < 4.78 is 0. The maximum atomic E-state index is 11.9. The number of hydrogen-bond acceptors (Lipinski definition) is 3. The zero-order chi connectivity index (χ0) is 11.7. The lowest BCUT2D eigenvalue weighted by Crippen LogP contribution is -2.36. The van der Waals surface area contributed by atoms with E-state index in [1.165, 1.54) is 0 Å². The van der Waals surface area contributed by atoms with Gasteiger partial charge >= 0.3 is 0 Å². The predicted octanol–water partition coefficient (Wildman–Crippen LogP) is 1.05. The van der Waals surface area contributed by atoms with Gasteiger partial charge in [0.2, 0.25) is 0 Å². The van der Waals surface area contributed by atoms with Crippen molar-refractivity contribution in [1.29, 1.82) is 0 Å². The van der Waals surface area contributed by atoms with Crippen LogP contribution in [0.25, 0.3) is 0 Å². The highest BCUT2D eigenvalue weighted by molar-refractivity contribution is 6.21. The van der Waals surface area contributed by atoms with E-state index in [0.29, 0.717) is 17.5 Å². The minimum absolute atomic E-state index is 0.0723. The summed E-state index contributed by atoms with van der Waals surface area (Å²) in [7, 11) is 0. The Bertz CT molecular complexity index is 407. The van der Waals surface area contributed by atoms with E-state index in [-0.39, 0.29) is 18.4 Å². The van der Waals surface area contributed by atoms with Crippen LogP contribution in [0.4, 0.5) is 0 Å². The Morgan fingerprint density at radius 3 is 2.12 bits per heavy atom. The number of β-amino-alcohol motifs (C(OH)–C–C–N with tert-alkyl or cyclic N) is 1. The van der Waals surface area contributed by atoms with Crippen molar-refractivity contribution in [2.75, 3.05) is 6.54 Å². The lowest BCUT2D eigenvalue weighted by atomic mass is 10.1. The molecule has 16 heavy (non-hydrogen) atoms. The second kappa shape index (κ2) is 4.06. The molecule has 1 aliphatic rings. The van der Waals surface area contributed by atoms with Crippen LogP contribution in [0.1, 0.15) is 34.1 Å². The summed E-state index contributed by atoms with van der Waals surface area (Å²) in [6, 6.07) is 6.72. The highest BCUT2D eigenvalue weighted by Gasteiger charge is 2.35. The smallest absolute Gasteiger partial charge is 0.261 e. The molecular formula is C12H13NO3. The lowest BCUT2D eigenvalue weighted by Gasteiger charge is -2.16. The molecule has 1 atom stereocenters. The van der Waals surface area contributed by atoms with Crippen LogP contribution >= 0.6 is 0 Å². The maximum Gasteiger partial charge on any atom is 0.261 e. The van der Waals surface area contributed by atoms with Gasteiger partial charge in [0.25, 0.3) is 11.8 Å². The van der Waals surface area contributed by atoms with E-state index in [4.69, 9.17) is 0 Å². The van der Waals surface area contributed by atoms with Crippen LogP contribution in [0, 0.1) is 0 Å². The molecule has 0 radical (unpaired) electrons. The van der Waals surface area contributed by atoms with Gasteiger partial charge in [-0.05, 0) is 18.6 Å². The number of aliphatic hydroxyl groups excluding tert-OH is 1. The third kappa shape index (κ3) is 1.61. The predicted molar refractivity (Wildman–Crippen MR) is 58.1 cm³/mol. The van der Waals surface area contributed by atoms with Gasteiger partial charge in [-0.25, -0.2) is 0 Å². The second-order valence-electron chi connectivity index (χ2n) is 3.83. The molecule has 1 heterocycles. The summed E-state index contributed by atoms with van der Waals surface area (Å²) in [5.41, 5.74) is 0.853. The van der Waals surface area contributed by atoms with E-state index in [1.54, 1.807) is 24.3 Å². The van der Waals surface area contributed by atoms with Crippen molar-refractivity contribution < 1.29 is 14.7 Å². The van der Waals surface area contributed by atoms with Crippen molar-refractivity contribution in [2.45, 2.75) is 19.4 Å². The van der Waals surface area contributed by atoms with Gasteiger partial charge in [0.05, 0.1) is 23.8 Å². The molecule has 4 nitrogen and oxygen atoms in total. The average molecular weight is 219 g/mol. The van der Waals surface area contributed by atoms with Crippen molar-refractivity contribution in [3.05, 3.63) is 35.4 Å². The molecule has 0 saturated carbocycles. The van der Waals surface area contributed by atoms with E-state index in [1.807, 2.05) is 6.92 Å². The second-order valence-corrected chi connectivity index (χ2v) is 3.83. The van der Waals surface area contributed by atoms with E-state index >= 15 is 0 Å². The molecular weight excluding hydrogens is 206 g/mol. The SMILES string of the molecule is CC[C@@H](O)CN1C(=O)c2ccccc2C1=O. The van der Waals surface area contributed by atoms with E-state index in [2.05, 4.69) is 0 Å². The molecule has 1 N–H and O–H groups in total. The van der Waals surface area contributed by atoms with Gasteiger partial charge in [-0.3, -0.25) is 14.5 Å². The number of aliphatic hydroxyl groups is 1. The average Bonchev–Trinajstić information content (AvgIpc) is 2.55. The van der Waals surface area contributed by atoms with Crippen LogP contribution in [0.2, 0.25) is 0 Å². The molecule has 2 amide bonds. The van der Waals surface area contributed by atoms with Gasteiger partial charge in [-0.15, -0.1) is 0 Å². The molecule has 0 bridgehead atoms. The zero-order valence-corrected chi connectivity index (χ0v) is 9.01. The number of nitrogens with zero attached hydrogens (tertiary/aromatic N) is 1. The first-order valence-corrected chi connectivity index (χ1v) is 5.28. The number of fused-ring (bicyclic) bond motifs is 1. The summed E-state index contributed by atoms with van der Waals surface area (Å²) in [5.74, 6) is -0.624. The number of amides is 2. The number of hydrogen-bond donors (Lipinski definition) is 1. The van der Waals surface area contributed by atoms with Crippen molar-refractivity contribution in [2.24, 2.45) is 0 Å². The fraction of sp³-hybridized carbons (Fsp3) is 0.333. The largest absolute Gasteiger partial charge is 0.391 e. The van der Waals surface area contributed by atoms with E-state index < -0.39 is 6.10 Å². The minimum Gasteiger partial charge on any atom is -0.391 e. The van der Waals surface area contributed by atoms with Crippen molar-refractivity contribution in [3.8, 4) is 0 Å². The first kappa shape index (κ1) is 10.8. The van der Waals surface area contributed by atoms with Gasteiger partial charge in [-0.2, -0.15) is 0 Å². The molecule has 1 aliphatic heterocycles. The molecule has 2 rings (SSSR count). The quantitative estimate of drug-likeness (QED) is 0.773.